The molecule has 4 N–H and O–H groups in total. The summed E-state index contributed by atoms with van der Waals surface area (Å²) in [5, 5.41) is 40.4. The van der Waals surface area contributed by atoms with Crippen LogP contribution in [-0.2, 0) is 5.41 Å². The lowest BCUT2D eigenvalue weighted by Crippen LogP contribution is -2.38. The van der Waals surface area contributed by atoms with E-state index >= 15 is 0 Å². The number of aliphatic hydroxyl groups is 3. The molecule has 0 radical (unpaired) electrons. The molecule has 160 valence electrons. The fourth-order valence-corrected chi connectivity index (χ4v) is 4.72. The predicted octanol–water partition coefficient (Wildman–Crippen LogP) is 4.98. The molecule has 4 nitrogen and oxygen atoms in total. The van der Waals surface area contributed by atoms with E-state index in [0.29, 0.717) is 19.3 Å². The molecular weight excluding hydrogens is 352 g/mol. The molecule has 0 amide bonds. The standard InChI is InChI=1S/C24H40O4/c1-4-5-6-7-13-23(2,3)19-10-11-20(22(26)16-19)21-17-24(27,28)14-12-18(21)9-8-15-25/h10-11,16,18,21,25-28H,4-9,12-15,17H2,1-3H3. The van der Waals surface area contributed by atoms with E-state index in [-0.39, 0.29) is 36.0 Å². The molecule has 2 rings (SSSR count). The third kappa shape index (κ3) is 6.20. The highest BCUT2D eigenvalue weighted by Gasteiger charge is 2.39. The zero-order chi connectivity index (χ0) is 20.8. The smallest absolute Gasteiger partial charge is 0.163 e. The summed E-state index contributed by atoms with van der Waals surface area (Å²) in [5.74, 6) is -1.27. The fraction of sp³-hybridized carbons (Fsp3) is 0.750. The molecule has 0 heterocycles. The van der Waals surface area contributed by atoms with Crippen molar-refractivity contribution in [2.75, 3.05) is 6.61 Å². The second-order valence-electron chi connectivity index (χ2n) is 9.43. The first-order valence-corrected chi connectivity index (χ1v) is 11.1. The maximum absolute atomic E-state index is 10.8. The van der Waals surface area contributed by atoms with Gasteiger partial charge in [0.1, 0.15) is 5.75 Å². The molecule has 1 aliphatic carbocycles. The first-order chi connectivity index (χ1) is 13.2. The van der Waals surface area contributed by atoms with E-state index in [1.54, 1.807) is 0 Å². The van der Waals surface area contributed by atoms with Gasteiger partial charge in [-0.15, -0.1) is 0 Å². The van der Waals surface area contributed by atoms with E-state index in [4.69, 9.17) is 0 Å². The van der Waals surface area contributed by atoms with Crippen LogP contribution in [0.15, 0.2) is 18.2 Å². The Morgan fingerprint density at radius 3 is 2.50 bits per heavy atom. The van der Waals surface area contributed by atoms with Crippen molar-refractivity contribution in [1.82, 2.24) is 0 Å². The maximum atomic E-state index is 10.8. The van der Waals surface area contributed by atoms with Crippen molar-refractivity contribution in [2.45, 2.75) is 102 Å². The Balaban J connectivity index is 2.18. The van der Waals surface area contributed by atoms with E-state index in [1.807, 2.05) is 12.1 Å². The van der Waals surface area contributed by atoms with Crippen LogP contribution in [0.3, 0.4) is 0 Å². The van der Waals surface area contributed by atoms with Crippen LogP contribution in [-0.4, -0.2) is 32.8 Å². The number of benzene rings is 1. The van der Waals surface area contributed by atoms with Gasteiger partial charge >= 0.3 is 0 Å². The summed E-state index contributed by atoms with van der Waals surface area (Å²) in [6.45, 7) is 6.81. The van der Waals surface area contributed by atoms with Crippen molar-refractivity contribution < 1.29 is 20.4 Å². The molecule has 0 bridgehead atoms. The molecule has 1 fully saturated rings. The SMILES string of the molecule is CCCCCCC(C)(C)c1ccc(C2CC(O)(O)CCC2CCCO)c(O)c1. The average molecular weight is 393 g/mol. The van der Waals surface area contributed by atoms with E-state index in [1.165, 1.54) is 25.7 Å². The first kappa shape index (κ1) is 23.2. The Morgan fingerprint density at radius 2 is 1.86 bits per heavy atom. The lowest BCUT2D eigenvalue weighted by Gasteiger charge is -2.39. The van der Waals surface area contributed by atoms with E-state index in [9.17, 15) is 20.4 Å². The second-order valence-corrected chi connectivity index (χ2v) is 9.43. The van der Waals surface area contributed by atoms with Crippen LogP contribution >= 0.6 is 0 Å². The molecule has 0 spiro atoms. The normalized spacial score (nSPS) is 22.4. The molecule has 0 aliphatic heterocycles. The van der Waals surface area contributed by atoms with Crippen LogP contribution < -0.4 is 0 Å². The Kier molecular flexibility index (Phi) is 8.35. The van der Waals surface area contributed by atoms with Crippen LogP contribution in [0.5, 0.6) is 5.75 Å². The Morgan fingerprint density at radius 1 is 1.11 bits per heavy atom. The van der Waals surface area contributed by atoms with Crippen LogP contribution in [0.2, 0.25) is 0 Å². The van der Waals surface area contributed by atoms with Crippen molar-refractivity contribution in [1.29, 1.82) is 0 Å². The molecular formula is C24H40O4. The Hall–Kier alpha value is -1.10. The van der Waals surface area contributed by atoms with Gasteiger partial charge in [-0.1, -0.05) is 58.6 Å². The van der Waals surface area contributed by atoms with Crippen molar-refractivity contribution in [2.24, 2.45) is 5.92 Å². The van der Waals surface area contributed by atoms with E-state index in [0.717, 1.165) is 24.0 Å². The van der Waals surface area contributed by atoms with Crippen LogP contribution in [0.4, 0.5) is 0 Å². The van der Waals surface area contributed by atoms with Gasteiger partial charge in [0, 0.05) is 19.4 Å². The van der Waals surface area contributed by atoms with Gasteiger partial charge in [0.25, 0.3) is 0 Å². The summed E-state index contributed by atoms with van der Waals surface area (Å²) >= 11 is 0. The van der Waals surface area contributed by atoms with Gasteiger partial charge in [-0.2, -0.15) is 0 Å². The Bertz CT molecular complexity index is 609. The largest absolute Gasteiger partial charge is 0.508 e. The molecule has 4 heteroatoms. The summed E-state index contributed by atoms with van der Waals surface area (Å²) < 4.78 is 0. The summed E-state index contributed by atoms with van der Waals surface area (Å²) in [5.41, 5.74) is 1.94. The van der Waals surface area contributed by atoms with Gasteiger partial charge in [-0.25, -0.2) is 0 Å². The first-order valence-electron chi connectivity index (χ1n) is 11.1. The maximum Gasteiger partial charge on any atom is 0.163 e. The lowest BCUT2D eigenvalue weighted by molar-refractivity contribution is -0.191. The molecule has 2 atom stereocenters. The molecule has 1 aliphatic rings. The third-order valence-electron chi connectivity index (χ3n) is 6.63. The van der Waals surface area contributed by atoms with Gasteiger partial charge in [0.2, 0.25) is 0 Å². The quantitative estimate of drug-likeness (QED) is 0.334. The van der Waals surface area contributed by atoms with Gasteiger partial charge in [-0.05, 0) is 60.1 Å². The topological polar surface area (TPSA) is 80.9 Å². The third-order valence-corrected chi connectivity index (χ3v) is 6.63. The van der Waals surface area contributed by atoms with Crippen molar-refractivity contribution in [3.05, 3.63) is 29.3 Å². The lowest BCUT2D eigenvalue weighted by atomic mass is 9.70. The number of phenols is 1. The van der Waals surface area contributed by atoms with Crippen LogP contribution in [0.25, 0.3) is 0 Å². The molecule has 0 aromatic heterocycles. The molecule has 2 unspecified atom stereocenters. The minimum Gasteiger partial charge on any atom is -0.508 e. The summed E-state index contributed by atoms with van der Waals surface area (Å²) in [6.07, 6.45) is 8.83. The molecule has 1 aromatic rings. The number of aromatic hydroxyl groups is 1. The number of rotatable bonds is 10. The second kappa shape index (κ2) is 10.1. The minimum absolute atomic E-state index is 0.00429. The molecule has 1 saturated carbocycles. The summed E-state index contributed by atoms with van der Waals surface area (Å²) in [4.78, 5) is 0. The van der Waals surface area contributed by atoms with Gasteiger partial charge in [0.15, 0.2) is 5.79 Å². The summed E-state index contributed by atoms with van der Waals surface area (Å²) in [6, 6.07) is 5.96. The predicted molar refractivity (Wildman–Crippen MR) is 113 cm³/mol. The Labute approximate surface area is 170 Å². The molecule has 28 heavy (non-hydrogen) atoms. The van der Waals surface area contributed by atoms with Gasteiger partial charge < -0.3 is 20.4 Å². The monoisotopic (exact) mass is 392 g/mol. The van der Waals surface area contributed by atoms with Gasteiger partial charge in [0.05, 0.1) is 0 Å². The summed E-state index contributed by atoms with van der Waals surface area (Å²) in [7, 11) is 0. The van der Waals surface area contributed by atoms with Crippen molar-refractivity contribution in [3.63, 3.8) is 0 Å². The van der Waals surface area contributed by atoms with Crippen LogP contribution in [0.1, 0.15) is 102 Å². The number of phenolic OH excluding ortho intramolecular Hbond substituents is 1. The van der Waals surface area contributed by atoms with Crippen LogP contribution in [0, 0.1) is 5.92 Å². The highest BCUT2D eigenvalue weighted by Crippen LogP contribution is 2.46. The van der Waals surface area contributed by atoms with Crippen molar-refractivity contribution in [3.8, 4) is 5.75 Å². The highest BCUT2D eigenvalue weighted by atomic mass is 16.5. The fourth-order valence-electron chi connectivity index (χ4n) is 4.72. The zero-order valence-electron chi connectivity index (χ0n) is 18.0. The average Bonchev–Trinajstić information content (AvgIpc) is 2.64. The highest BCUT2D eigenvalue weighted by molar-refractivity contribution is 5.42. The van der Waals surface area contributed by atoms with Crippen molar-refractivity contribution >= 4 is 0 Å². The van der Waals surface area contributed by atoms with E-state index in [2.05, 4.69) is 26.8 Å². The minimum atomic E-state index is -1.68. The number of unbranched alkanes of at least 4 members (excludes halogenated alkanes) is 3. The molecule has 1 aromatic carbocycles. The zero-order valence-corrected chi connectivity index (χ0v) is 18.0. The van der Waals surface area contributed by atoms with Gasteiger partial charge in [-0.3, -0.25) is 0 Å². The van der Waals surface area contributed by atoms with E-state index < -0.39 is 5.79 Å². The number of hydrogen-bond acceptors (Lipinski definition) is 4. The molecule has 0 saturated heterocycles. The number of aliphatic hydroxyl groups excluding tert-OH is 1. The number of hydrogen-bond donors (Lipinski definition) is 4.